The zero-order valence-electron chi connectivity index (χ0n) is 10.3. The van der Waals surface area contributed by atoms with Crippen LogP contribution in [0.3, 0.4) is 0 Å². The smallest absolute Gasteiger partial charge is 0.209 e. The number of aromatic amines is 1. The van der Waals surface area contributed by atoms with E-state index in [1.807, 2.05) is 31.1 Å². The molecule has 0 aliphatic heterocycles. The number of aldehydes is 1. The van der Waals surface area contributed by atoms with Crippen molar-refractivity contribution in [1.82, 2.24) is 4.98 Å². The third-order valence-corrected chi connectivity index (χ3v) is 2.73. The molecule has 4 nitrogen and oxygen atoms in total. The Morgan fingerprint density at radius 1 is 1.11 bits per heavy atom. The number of H-pyrrole nitrogens is 1. The summed E-state index contributed by atoms with van der Waals surface area (Å²) in [5.74, 6) is -0.117. The van der Waals surface area contributed by atoms with Gasteiger partial charge in [0.2, 0.25) is 5.78 Å². The van der Waals surface area contributed by atoms with Crippen molar-refractivity contribution in [3.05, 3.63) is 53.3 Å². The molecule has 92 valence electrons. The molecule has 0 aliphatic rings. The zero-order chi connectivity index (χ0) is 13.1. The predicted molar refractivity (Wildman–Crippen MR) is 70.4 cm³/mol. The molecule has 1 aromatic heterocycles. The lowest BCUT2D eigenvalue weighted by molar-refractivity contribution is 0.103. The lowest BCUT2D eigenvalue weighted by atomic mass is 10.1. The molecule has 2 rings (SSSR count). The second kappa shape index (κ2) is 4.87. The van der Waals surface area contributed by atoms with Crippen LogP contribution < -0.4 is 4.90 Å². The zero-order valence-corrected chi connectivity index (χ0v) is 10.3. The molecule has 1 aromatic carbocycles. The number of rotatable bonds is 4. The Balaban J connectivity index is 2.25. The van der Waals surface area contributed by atoms with Crippen LogP contribution in [-0.2, 0) is 0 Å². The van der Waals surface area contributed by atoms with E-state index < -0.39 is 0 Å². The highest BCUT2D eigenvalue weighted by Crippen LogP contribution is 2.15. The molecule has 0 aliphatic carbocycles. The summed E-state index contributed by atoms with van der Waals surface area (Å²) in [5, 5.41) is 0. The largest absolute Gasteiger partial charge is 0.378 e. The number of ketones is 1. The first kappa shape index (κ1) is 12.1. The highest BCUT2D eigenvalue weighted by atomic mass is 16.1. The maximum absolute atomic E-state index is 12.1. The lowest BCUT2D eigenvalue weighted by Gasteiger charge is -2.12. The molecule has 0 saturated heterocycles. The fourth-order valence-corrected chi connectivity index (χ4v) is 1.68. The molecular weight excluding hydrogens is 228 g/mol. The average molecular weight is 242 g/mol. The Hall–Kier alpha value is -2.36. The van der Waals surface area contributed by atoms with Crippen LogP contribution in [0.5, 0.6) is 0 Å². The first-order valence-electron chi connectivity index (χ1n) is 5.58. The number of nitrogens with zero attached hydrogens (tertiary/aromatic N) is 1. The summed E-state index contributed by atoms with van der Waals surface area (Å²) in [6.45, 7) is 0. The Morgan fingerprint density at radius 2 is 1.78 bits per heavy atom. The van der Waals surface area contributed by atoms with Gasteiger partial charge in [-0.2, -0.15) is 0 Å². The minimum Gasteiger partial charge on any atom is -0.378 e. The first-order chi connectivity index (χ1) is 8.61. The number of hydrogen-bond donors (Lipinski definition) is 1. The molecule has 0 radical (unpaired) electrons. The van der Waals surface area contributed by atoms with E-state index in [1.54, 1.807) is 24.3 Å². The minimum atomic E-state index is -0.117. The lowest BCUT2D eigenvalue weighted by Crippen LogP contribution is -2.09. The summed E-state index contributed by atoms with van der Waals surface area (Å²) in [5.41, 5.74) is 2.46. The summed E-state index contributed by atoms with van der Waals surface area (Å²) in [4.78, 5) is 27.4. The molecule has 0 saturated carbocycles. The SMILES string of the molecule is CN(C)c1ccc(C(=O)c2ccc(C=O)[nH]2)cc1. The van der Waals surface area contributed by atoms with Crippen molar-refractivity contribution in [2.24, 2.45) is 0 Å². The van der Waals surface area contributed by atoms with Crippen LogP contribution in [0.4, 0.5) is 5.69 Å². The van der Waals surface area contributed by atoms with Gasteiger partial charge in [0, 0.05) is 25.3 Å². The van der Waals surface area contributed by atoms with Gasteiger partial charge in [0.25, 0.3) is 0 Å². The molecule has 0 fully saturated rings. The second-order valence-corrected chi connectivity index (χ2v) is 4.22. The van der Waals surface area contributed by atoms with E-state index in [9.17, 15) is 9.59 Å². The van der Waals surface area contributed by atoms with E-state index in [1.165, 1.54) is 0 Å². The third kappa shape index (κ3) is 2.32. The van der Waals surface area contributed by atoms with Crippen LogP contribution in [0.2, 0.25) is 0 Å². The average Bonchev–Trinajstić information content (AvgIpc) is 2.86. The molecule has 1 N–H and O–H groups in total. The monoisotopic (exact) mass is 242 g/mol. The summed E-state index contributed by atoms with van der Waals surface area (Å²) in [6.07, 6.45) is 0.686. The van der Waals surface area contributed by atoms with E-state index in [-0.39, 0.29) is 5.78 Å². The van der Waals surface area contributed by atoms with E-state index in [0.717, 1.165) is 5.69 Å². The fraction of sp³-hybridized carbons (Fsp3) is 0.143. The molecular formula is C14H14N2O2. The molecule has 0 bridgehead atoms. The Bertz CT molecular complexity index is 568. The normalized spacial score (nSPS) is 10.1. The highest BCUT2D eigenvalue weighted by molar-refractivity contribution is 6.08. The summed E-state index contributed by atoms with van der Waals surface area (Å²) in [7, 11) is 3.89. The van der Waals surface area contributed by atoms with Gasteiger partial charge in [0.05, 0.1) is 11.4 Å². The van der Waals surface area contributed by atoms with Crippen molar-refractivity contribution >= 4 is 17.8 Å². The van der Waals surface area contributed by atoms with E-state index in [2.05, 4.69) is 4.98 Å². The van der Waals surface area contributed by atoms with Gasteiger partial charge in [-0.25, -0.2) is 0 Å². The highest BCUT2D eigenvalue weighted by Gasteiger charge is 2.11. The van der Waals surface area contributed by atoms with Crippen LogP contribution in [0, 0.1) is 0 Å². The van der Waals surface area contributed by atoms with Gasteiger partial charge in [-0.1, -0.05) is 0 Å². The summed E-state index contributed by atoms with van der Waals surface area (Å²) < 4.78 is 0. The van der Waals surface area contributed by atoms with Crippen molar-refractivity contribution in [2.45, 2.75) is 0 Å². The molecule has 0 amide bonds. The van der Waals surface area contributed by atoms with Crippen molar-refractivity contribution in [1.29, 1.82) is 0 Å². The van der Waals surface area contributed by atoms with Gasteiger partial charge in [-0.15, -0.1) is 0 Å². The number of aromatic nitrogens is 1. The molecule has 0 spiro atoms. The van der Waals surface area contributed by atoms with Gasteiger partial charge < -0.3 is 9.88 Å². The quantitative estimate of drug-likeness (QED) is 0.660. The molecule has 18 heavy (non-hydrogen) atoms. The Kier molecular flexibility index (Phi) is 3.28. The van der Waals surface area contributed by atoms with E-state index in [4.69, 9.17) is 0 Å². The van der Waals surface area contributed by atoms with Crippen LogP contribution in [-0.4, -0.2) is 31.1 Å². The van der Waals surface area contributed by atoms with Crippen LogP contribution in [0.25, 0.3) is 0 Å². The van der Waals surface area contributed by atoms with Gasteiger partial charge >= 0.3 is 0 Å². The van der Waals surface area contributed by atoms with Crippen molar-refractivity contribution in [3.63, 3.8) is 0 Å². The van der Waals surface area contributed by atoms with Crippen LogP contribution in [0.1, 0.15) is 26.5 Å². The third-order valence-electron chi connectivity index (χ3n) is 2.73. The Labute approximate surface area is 105 Å². The van der Waals surface area contributed by atoms with Gasteiger partial charge in [0.1, 0.15) is 0 Å². The maximum atomic E-state index is 12.1. The summed E-state index contributed by atoms with van der Waals surface area (Å²) in [6, 6.07) is 10.5. The van der Waals surface area contributed by atoms with Crippen molar-refractivity contribution < 1.29 is 9.59 Å². The number of nitrogens with one attached hydrogen (secondary N) is 1. The minimum absolute atomic E-state index is 0.117. The number of carbonyl (C=O) groups is 2. The fourth-order valence-electron chi connectivity index (χ4n) is 1.68. The molecule has 2 aromatic rings. The maximum Gasteiger partial charge on any atom is 0.209 e. The number of carbonyl (C=O) groups excluding carboxylic acids is 2. The van der Waals surface area contributed by atoms with E-state index >= 15 is 0 Å². The Morgan fingerprint density at radius 3 is 2.28 bits per heavy atom. The number of anilines is 1. The topological polar surface area (TPSA) is 53.2 Å². The predicted octanol–water partition coefficient (Wildman–Crippen LogP) is 2.12. The number of hydrogen-bond acceptors (Lipinski definition) is 3. The summed E-state index contributed by atoms with van der Waals surface area (Å²) >= 11 is 0. The van der Waals surface area contributed by atoms with Gasteiger partial charge in [0.15, 0.2) is 6.29 Å². The molecule has 0 atom stereocenters. The molecule has 4 heteroatoms. The van der Waals surface area contributed by atoms with Gasteiger partial charge in [-0.3, -0.25) is 9.59 Å². The van der Waals surface area contributed by atoms with Crippen LogP contribution in [0.15, 0.2) is 36.4 Å². The second-order valence-electron chi connectivity index (χ2n) is 4.22. The van der Waals surface area contributed by atoms with E-state index in [0.29, 0.717) is 23.2 Å². The van der Waals surface area contributed by atoms with Crippen molar-refractivity contribution in [3.8, 4) is 0 Å². The molecule has 0 unspecified atom stereocenters. The van der Waals surface area contributed by atoms with Crippen LogP contribution >= 0.6 is 0 Å². The first-order valence-corrected chi connectivity index (χ1v) is 5.58. The standard InChI is InChI=1S/C14H14N2O2/c1-16(2)12-6-3-10(4-7-12)14(18)13-8-5-11(9-17)15-13/h3-9,15H,1-2H3. The number of benzene rings is 1. The van der Waals surface area contributed by atoms with Gasteiger partial charge in [-0.05, 0) is 36.4 Å². The molecule has 1 heterocycles. The van der Waals surface area contributed by atoms with Crippen molar-refractivity contribution in [2.75, 3.05) is 19.0 Å².